The lowest BCUT2D eigenvalue weighted by molar-refractivity contribution is -0.140. The number of benzene rings is 1. The Balaban J connectivity index is 2.15. The fraction of sp³-hybridized carbons (Fsp3) is 0.412. The number of ether oxygens (including phenoxy) is 1. The number of nitrogens with one attached hydrogen (secondary N) is 1. The molecule has 4 nitrogen and oxygen atoms in total. The molecule has 0 aliphatic carbocycles. The van der Waals surface area contributed by atoms with E-state index in [0.29, 0.717) is 13.0 Å². The summed E-state index contributed by atoms with van der Waals surface area (Å²) in [5.41, 5.74) is 2.19. The van der Waals surface area contributed by atoms with Crippen LogP contribution in [0.4, 0.5) is 0 Å². The number of carbonyl (C=O) groups excluding carboxylic acids is 2. The molecule has 0 bridgehead atoms. The van der Waals surface area contributed by atoms with Crippen LogP contribution in [0.15, 0.2) is 30.3 Å². The summed E-state index contributed by atoms with van der Waals surface area (Å²) >= 11 is 0. The SMILES string of the molecule is COC(=O)CCCCCNC(=O)C=Cc1cccc(C)c1. The number of aryl methyl sites for hydroxylation is 1. The molecule has 0 aliphatic heterocycles. The molecular formula is C17H23NO3. The third kappa shape index (κ3) is 7.92. The maximum atomic E-state index is 11.6. The highest BCUT2D eigenvalue weighted by Crippen LogP contribution is 2.05. The summed E-state index contributed by atoms with van der Waals surface area (Å²) in [5.74, 6) is -0.274. The molecule has 1 aromatic rings. The first kappa shape index (κ1) is 17.0. The normalized spacial score (nSPS) is 10.6. The van der Waals surface area contributed by atoms with E-state index in [9.17, 15) is 9.59 Å². The van der Waals surface area contributed by atoms with Crippen molar-refractivity contribution in [2.45, 2.75) is 32.6 Å². The Bertz CT molecular complexity index is 495. The van der Waals surface area contributed by atoms with E-state index in [1.807, 2.05) is 31.2 Å². The van der Waals surface area contributed by atoms with E-state index in [-0.39, 0.29) is 11.9 Å². The molecule has 0 aliphatic rings. The van der Waals surface area contributed by atoms with Gasteiger partial charge in [-0.1, -0.05) is 36.2 Å². The van der Waals surface area contributed by atoms with Gasteiger partial charge in [0.05, 0.1) is 7.11 Å². The Morgan fingerprint density at radius 1 is 1.24 bits per heavy atom. The molecule has 114 valence electrons. The van der Waals surface area contributed by atoms with E-state index in [4.69, 9.17) is 0 Å². The number of rotatable bonds is 8. The Labute approximate surface area is 126 Å². The molecule has 0 fully saturated rings. The van der Waals surface area contributed by atoms with Crippen LogP contribution in [0.25, 0.3) is 6.08 Å². The number of esters is 1. The summed E-state index contributed by atoms with van der Waals surface area (Å²) in [4.78, 5) is 22.5. The highest BCUT2D eigenvalue weighted by molar-refractivity contribution is 5.91. The van der Waals surface area contributed by atoms with Crippen molar-refractivity contribution < 1.29 is 14.3 Å². The van der Waals surface area contributed by atoms with Crippen molar-refractivity contribution in [2.24, 2.45) is 0 Å². The predicted octanol–water partition coefficient (Wildman–Crippen LogP) is 2.86. The minimum absolute atomic E-state index is 0.0931. The molecule has 0 heterocycles. The number of hydrogen-bond donors (Lipinski definition) is 1. The van der Waals surface area contributed by atoms with Crippen molar-refractivity contribution in [3.05, 3.63) is 41.5 Å². The van der Waals surface area contributed by atoms with Gasteiger partial charge in [-0.05, 0) is 31.4 Å². The summed E-state index contributed by atoms with van der Waals surface area (Å²) in [7, 11) is 1.39. The van der Waals surface area contributed by atoms with Crippen molar-refractivity contribution in [1.29, 1.82) is 0 Å². The average Bonchev–Trinajstić information content (AvgIpc) is 2.48. The van der Waals surface area contributed by atoms with E-state index < -0.39 is 0 Å². The summed E-state index contributed by atoms with van der Waals surface area (Å²) < 4.78 is 4.56. The first-order chi connectivity index (χ1) is 10.1. The number of unbranched alkanes of at least 4 members (excludes halogenated alkanes) is 2. The van der Waals surface area contributed by atoms with Gasteiger partial charge >= 0.3 is 5.97 Å². The van der Waals surface area contributed by atoms with Gasteiger partial charge < -0.3 is 10.1 Å². The molecule has 0 saturated heterocycles. The maximum Gasteiger partial charge on any atom is 0.305 e. The second-order valence-corrected chi connectivity index (χ2v) is 4.93. The molecule has 1 aromatic carbocycles. The molecule has 4 heteroatoms. The molecule has 1 rings (SSSR count). The summed E-state index contributed by atoms with van der Waals surface area (Å²) in [5, 5.41) is 2.83. The van der Waals surface area contributed by atoms with E-state index in [1.54, 1.807) is 12.2 Å². The maximum absolute atomic E-state index is 11.6. The molecule has 21 heavy (non-hydrogen) atoms. The van der Waals surface area contributed by atoms with E-state index >= 15 is 0 Å². The van der Waals surface area contributed by atoms with Crippen LogP contribution in [-0.4, -0.2) is 25.5 Å². The summed E-state index contributed by atoms with van der Waals surface area (Å²) in [6.45, 7) is 2.64. The van der Waals surface area contributed by atoms with Crippen molar-refractivity contribution >= 4 is 18.0 Å². The second kappa shape index (κ2) is 9.75. The topological polar surface area (TPSA) is 55.4 Å². The van der Waals surface area contributed by atoms with Crippen molar-refractivity contribution in [3.8, 4) is 0 Å². The van der Waals surface area contributed by atoms with Crippen LogP contribution in [0.2, 0.25) is 0 Å². The Morgan fingerprint density at radius 3 is 2.76 bits per heavy atom. The number of methoxy groups -OCH3 is 1. The van der Waals surface area contributed by atoms with Crippen LogP contribution in [0, 0.1) is 6.92 Å². The second-order valence-electron chi connectivity index (χ2n) is 4.93. The number of amides is 1. The monoisotopic (exact) mass is 289 g/mol. The minimum Gasteiger partial charge on any atom is -0.469 e. The van der Waals surface area contributed by atoms with Gasteiger partial charge in [-0.2, -0.15) is 0 Å². The molecule has 1 amide bonds. The van der Waals surface area contributed by atoms with Crippen molar-refractivity contribution in [1.82, 2.24) is 5.32 Å². The number of hydrogen-bond acceptors (Lipinski definition) is 3. The quantitative estimate of drug-likeness (QED) is 0.455. The van der Waals surface area contributed by atoms with E-state index in [2.05, 4.69) is 10.1 Å². The van der Waals surface area contributed by atoms with E-state index in [1.165, 1.54) is 12.7 Å². The smallest absolute Gasteiger partial charge is 0.305 e. The Morgan fingerprint density at radius 2 is 2.05 bits per heavy atom. The lowest BCUT2D eigenvalue weighted by Crippen LogP contribution is -2.22. The standard InChI is InChI=1S/C17H23NO3/c1-14-7-6-8-15(13-14)10-11-16(19)18-12-5-3-4-9-17(20)21-2/h6-8,10-11,13H,3-5,9,12H2,1-2H3,(H,18,19). The van der Waals surface area contributed by atoms with Gasteiger partial charge in [0.15, 0.2) is 0 Å². The average molecular weight is 289 g/mol. The van der Waals surface area contributed by atoms with E-state index in [0.717, 1.165) is 24.8 Å². The first-order valence-electron chi connectivity index (χ1n) is 7.21. The summed E-state index contributed by atoms with van der Waals surface area (Å²) in [6.07, 6.45) is 6.35. The van der Waals surface area contributed by atoms with Gasteiger partial charge in [0.25, 0.3) is 0 Å². The zero-order valence-corrected chi connectivity index (χ0v) is 12.7. The lowest BCUT2D eigenvalue weighted by atomic mass is 10.1. The number of carbonyl (C=O) groups is 2. The third-order valence-electron chi connectivity index (χ3n) is 3.05. The van der Waals surface area contributed by atoms with Crippen LogP contribution < -0.4 is 5.32 Å². The molecule has 0 atom stereocenters. The van der Waals surface area contributed by atoms with Gasteiger partial charge in [0.1, 0.15) is 0 Å². The third-order valence-corrected chi connectivity index (χ3v) is 3.05. The highest BCUT2D eigenvalue weighted by Gasteiger charge is 1.99. The molecule has 0 saturated carbocycles. The Hall–Kier alpha value is -2.10. The zero-order chi connectivity index (χ0) is 15.5. The fourth-order valence-corrected chi connectivity index (χ4v) is 1.89. The molecule has 0 unspecified atom stereocenters. The van der Waals surface area contributed by atoms with Crippen molar-refractivity contribution in [2.75, 3.05) is 13.7 Å². The summed E-state index contributed by atoms with van der Waals surface area (Å²) in [6, 6.07) is 7.97. The van der Waals surface area contributed by atoms with Crippen LogP contribution in [0.5, 0.6) is 0 Å². The van der Waals surface area contributed by atoms with Gasteiger partial charge in [-0.15, -0.1) is 0 Å². The molecule has 0 aromatic heterocycles. The fourth-order valence-electron chi connectivity index (χ4n) is 1.89. The van der Waals surface area contributed by atoms with Crippen LogP contribution in [0.1, 0.15) is 36.8 Å². The first-order valence-corrected chi connectivity index (χ1v) is 7.21. The van der Waals surface area contributed by atoms with Crippen LogP contribution >= 0.6 is 0 Å². The minimum atomic E-state index is -0.180. The van der Waals surface area contributed by atoms with Gasteiger partial charge in [-0.25, -0.2) is 0 Å². The molecule has 0 radical (unpaired) electrons. The predicted molar refractivity (Wildman–Crippen MR) is 83.7 cm³/mol. The molecule has 1 N–H and O–H groups in total. The van der Waals surface area contributed by atoms with Gasteiger partial charge in [-0.3, -0.25) is 9.59 Å². The van der Waals surface area contributed by atoms with Gasteiger partial charge in [0.2, 0.25) is 5.91 Å². The van der Waals surface area contributed by atoms with Gasteiger partial charge in [0, 0.05) is 19.0 Å². The Kier molecular flexibility index (Phi) is 7.87. The van der Waals surface area contributed by atoms with Crippen LogP contribution in [-0.2, 0) is 14.3 Å². The largest absolute Gasteiger partial charge is 0.469 e. The zero-order valence-electron chi connectivity index (χ0n) is 12.7. The van der Waals surface area contributed by atoms with Crippen molar-refractivity contribution in [3.63, 3.8) is 0 Å². The van der Waals surface area contributed by atoms with Crippen LogP contribution in [0.3, 0.4) is 0 Å². The molecule has 0 spiro atoms. The highest BCUT2D eigenvalue weighted by atomic mass is 16.5. The molecular weight excluding hydrogens is 266 g/mol. The lowest BCUT2D eigenvalue weighted by Gasteiger charge is -2.02.